The highest BCUT2D eigenvalue weighted by molar-refractivity contribution is 6.25. The molecule has 0 fully saturated rings. The second-order valence-corrected chi connectivity index (χ2v) is 12.4. The maximum absolute atomic E-state index is 10.6. The van der Waals surface area contributed by atoms with Crippen molar-refractivity contribution in [3.63, 3.8) is 0 Å². The highest BCUT2D eigenvalue weighted by atomic mass is 16.4. The normalized spacial score (nSPS) is 12.1. The van der Waals surface area contributed by atoms with Crippen LogP contribution in [-0.2, 0) is 9.59 Å². The fourth-order valence-corrected chi connectivity index (χ4v) is 6.13. The third-order valence-electron chi connectivity index (χ3n) is 9.04. The van der Waals surface area contributed by atoms with E-state index in [1.807, 2.05) is 24.3 Å². The smallest absolute Gasteiger partial charge is 0.104 e. The third kappa shape index (κ3) is 15.5. The molecule has 2 atom stereocenters. The molecule has 0 heterocycles. The van der Waals surface area contributed by atoms with Crippen LogP contribution in [0.15, 0.2) is 121 Å². The number of carboxylic acid groups (broad SMARTS) is 2. The van der Waals surface area contributed by atoms with Gasteiger partial charge in [0.1, 0.15) is 25.3 Å². The Morgan fingerprint density at radius 3 is 0.880 bits per heavy atom. The van der Waals surface area contributed by atoms with Gasteiger partial charge in [-0.25, -0.2) is 0 Å². The van der Waals surface area contributed by atoms with E-state index in [1.165, 1.54) is 32.1 Å². The van der Waals surface area contributed by atoms with E-state index in [1.54, 1.807) is 0 Å². The summed E-state index contributed by atoms with van der Waals surface area (Å²) in [5.74, 6) is -3.86. The molecule has 4 rings (SSSR count). The van der Waals surface area contributed by atoms with Crippen molar-refractivity contribution in [1.29, 1.82) is 0 Å². The number of aliphatic carboxylic acids is 2. The SMILES string of the molecule is CC[NH+](CC)CC(O)CC(c1ccccc1)c1ccccc1.CC[NH+](CC)CC(O)CC(c1ccccc1)c1ccccc1.O=C([O-])C(=O)[O-]. The number of benzene rings is 4. The lowest BCUT2D eigenvalue weighted by atomic mass is 9.86. The van der Waals surface area contributed by atoms with Crippen LogP contribution in [0.25, 0.3) is 0 Å². The molecule has 0 bridgehead atoms. The van der Waals surface area contributed by atoms with Gasteiger partial charge in [-0.2, -0.15) is 0 Å². The van der Waals surface area contributed by atoms with E-state index in [-0.39, 0.29) is 24.0 Å². The van der Waals surface area contributed by atoms with Crippen LogP contribution in [0.4, 0.5) is 0 Å². The van der Waals surface area contributed by atoms with Crippen LogP contribution in [0.5, 0.6) is 0 Å². The Morgan fingerprint density at radius 1 is 0.480 bits per heavy atom. The zero-order valence-corrected chi connectivity index (χ0v) is 30.0. The topological polar surface area (TPSA) is 130 Å². The summed E-state index contributed by atoms with van der Waals surface area (Å²) in [6, 6.07) is 42.1. The molecule has 8 nitrogen and oxygen atoms in total. The third-order valence-corrected chi connectivity index (χ3v) is 9.04. The summed E-state index contributed by atoms with van der Waals surface area (Å²) in [4.78, 5) is 20.8. The minimum Gasteiger partial charge on any atom is -0.543 e. The lowest BCUT2D eigenvalue weighted by Crippen LogP contribution is -3.12. The first-order valence-corrected chi connectivity index (χ1v) is 17.8. The van der Waals surface area contributed by atoms with Crippen LogP contribution in [-0.4, -0.2) is 73.6 Å². The molecule has 0 aliphatic carbocycles. The molecule has 0 aromatic heterocycles. The quantitative estimate of drug-likeness (QED) is 0.133. The number of likely N-dealkylation sites (N-methyl/N-ethyl adjacent to an activating group) is 2. The summed E-state index contributed by atoms with van der Waals surface area (Å²) in [6.07, 6.45) is 0.996. The minimum atomic E-state index is -2.19. The van der Waals surface area contributed by atoms with E-state index in [4.69, 9.17) is 19.8 Å². The van der Waals surface area contributed by atoms with Gasteiger partial charge in [0, 0.05) is 11.8 Å². The van der Waals surface area contributed by atoms with Crippen molar-refractivity contribution in [3.05, 3.63) is 144 Å². The molecule has 50 heavy (non-hydrogen) atoms. The molecule has 2 unspecified atom stereocenters. The molecule has 8 heteroatoms. The molecule has 0 aliphatic rings. The van der Waals surface area contributed by atoms with Crippen LogP contribution < -0.4 is 20.0 Å². The number of hydrogen-bond donors (Lipinski definition) is 4. The first kappa shape index (κ1) is 41.8. The molecule has 0 aliphatic heterocycles. The number of rotatable bonds is 16. The van der Waals surface area contributed by atoms with Gasteiger partial charge in [0.05, 0.1) is 38.1 Å². The van der Waals surface area contributed by atoms with Crippen LogP contribution in [0.2, 0.25) is 0 Å². The summed E-state index contributed by atoms with van der Waals surface area (Å²) < 4.78 is 0. The first-order chi connectivity index (χ1) is 24.1. The maximum Gasteiger partial charge on any atom is 0.104 e. The Bertz CT molecular complexity index is 1260. The van der Waals surface area contributed by atoms with Gasteiger partial charge < -0.3 is 39.8 Å². The Balaban J connectivity index is 0.000000299. The zero-order chi connectivity index (χ0) is 36.7. The molecular weight excluding hydrogens is 628 g/mol. The van der Waals surface area contributed by atoms with Crippen molar-refractivity contribution in [2.75, 3.05) is 39.3 Å². The molecule has 4 N–H and O–H groups in total. The average Bonchev–Trinajstić information content (AvgIpc) is 3.16. The maximum atomic E-state index is 10.6. The minimum absolute atomic E-state index is 0.257. The van der Waals surface area contributed by atoms with Crippen molar-refractivity contribution in [2.45, 2.75) is 64.6 Å². The predicted molar refractivity (Wildman–Crippen MR) is 195 cm³/mol. The van der Waals surface area contributed by atoms with Crippen molar-refractivity contribution in [3.8, 4) is 0 Å². The summed E-state index contributed by atoms with van der Waals surface area (Å²) in [5, 5.41) is 39.0. The van der Waals surface area contributed by atoms with Gasteiger partial charge in [0.15, 0.2) is 0 Å². The summed E-state index contributed by atoms with van der Waals surface area (Å²) >= 11 is 0. The molecule has 0 saturated heterocycles. The van der Waals surface area contributed by atoms with Gasteiger partial charge in [0.2, 0.25) is 0 Å². The lowest BCUT2D eigenvalue weighted by Gasteiger charge is -2.24. The Labute approximate surface area is 298 Å². The standard InChI is InChI=1S/2C20H27NO.C2H2O4/c2*1-3-21(4-2)16-19(22)15-20(17-11-7-5-8-12-17)18-13-9-6-10-14-18;3-1(4)2(5)6/h2*5-14,19-20,22H,3-4,15-16H2,1-2H3;(H,3,4)(H,5,6). The molecule has 4 aromatic rings. The predicted octanol–water partition coefficient (Wildman–Crippen LogP) is 1.47. The van der Waals surface area contributed by atoms with E-state index in [0.29, 0.717) is 0 Å². The Kier molecular flexibility index (Phi) is 20.0. The first-order valence-electron chi connectivity index (χ1n) is 17.8. The largest absolute Gasteiger partial charge is 0.543 e. The molecule has 4 aromatic carbocycles. The van der Waals surface area contributed by atoms with Crippen LogP contribution in [0, 0.1) is 0 Å². The van der Waals surface area contributed by atoms with Crippen LogP contribution in [0.3, 0.4) is 0 Å². The number of carbonyl (C=O) groups excluding carboxylic acids is 2. The summed E-state index contributed by atoms with van der Waals surface area (Å²) in [5.41, 5.74) is 5.12. The second-order valence-electron chi connectivity index (χ2n) is 12.4. The number of quaternary nitrogens is 2. The fourth-order valence-electron chi connectivity index (χ4n) is 6.13. The van der Waals surface area contributed by atoms with Crippen molar-refractivity contribution >= 4 is 11.9 Å². The summed E-state index contributed by atoms with van der Waals surface area (Å²) in [6.45, 7) is 14.6. The van der Waals surface area contributed by atoms with E-state index >= 15 is 0 Å². The van der Waals surface area contributed by atoms with Crippen molar-refractivity contribution in [2.24, 2.45) is 0 Å². The molecule has 270 valence electrons. The monoisotopic (exact) mass is 684 g/mol. The molecule has 0 saturated carbocycles. The van der Waals surface area contributed by atoms with Gasteiger partial charge in [-0.15, -0.1) is 0 Å². The van der Waals surface area contributed by atoms with Gasteiger partial charge in [0.25, 0.3) is 0 Å². The van der Waals surface area contributed by atoms with E-state index < -0.39 is 11.9 Å². The second kappa shape index (κ2) is 23.9. The van der Waals surface area contributed by atoms with Gasteiger partial charge in [-0.3, -0.25) is 0 Å². The zero-order valence-electron chi connectivity index (χ0n) is 30.0. The fraction of sp³-hybridized carbons (Fsp3) is 0.381. The number of aliphatic hydroxyl groups excluding tert-OH is 2. The highest BCUT2D eigenvalue weighted by Gasteiger charge is 2.22. The van der Waals surface area contributed by atoms with Crippen LogP contribution in [0.1, 0.15) is 74.6 Å². The van der Waals surface area contributed by atoms with Gasteiger partial charge >= 0.3 is 0 Å². The Hall–Kier alpha value is -4.34. The summed E-state index contributed by atoms with van der Waals surface area (Å²) in [7, 11) is 0. The number of carbonyl (C=O) groups is 2. The highest BCUT2D eigenvalue weighted by Crippen LogP contribution is 2.30. The van der Waals surface area contributed by atoms with E-state index in [2.05, 4.69) is 125 Å². The molecule has 0 spiro atoms. The van der Waals surface area contributed by atoms with E-state index in [9.17, 15) is 10.2 Å². The lowest BCUT2D eigenvalue weighted by molar-refractivity contribution is -0.899. The van der Waals surface area contributed by atoms with Crippen molar-refractivity contribution in [1.82, 2.24) is 0 Å². The van der Waals surface area contributed by atoms with Gasteiger partial charge in [-0.05, 0) is 62.8 Å². The molecular formula is C42H56N2O6. The number of carboxylic acids is 2. The van der Waals surface area contributed by atoms with Crippen LogP contribution >= 0.6 is 0 Å². The van der Waals surface area contributed by atoms with E-state index in [0.717, 1.165) is 52.1 Å². The number of hydrogen-bond acceptors (Lipinski definition) is 6. The average molecular weight is 685 g/mol. The molecule has 0 amide bonds. The molecule has 0 radical (unpaired) electrons. The Morgan fingerprint density at radius 2 is 0.700 bits per heavy atom. The number of aliphatic hydroxyl groups is 2. The van der Waals surface area contributed by atoms with Gasteiger partial charge in [-0.1, -0.05) is 121 Å². The van der Waals surface area contributed by atoms with Crippen molar-refractivity contribution < 1.29 is 39.8 Å². The number of nitrogens with one attached hydrogen (secondary N) is 2.